The van der Waals surface area contributed by atoms with Gasteiger partial charge in [-0.1, -0.05) is 29.8 Å². The Hall–Kier alpha value is -1.65. The first kappa shape index (κ1) is 14.8. The average molecular weight is 292 g/mol. The smallest absolute Gasteiger partial charge is 0.252 e. The van der Waals surface area contributed by atoms with Crippen LogP contribution in [-0.2, 0) is 0 Å². The van der Waals surface area contributed by atoms with E-state index in [0.29, 0.717) is 17.3 Å². The number of hydrogen-bond donors (Lipinski definition) is 1. The van der Waals surface area contributed by atoms with E-state index >= 15 is 0 Å². The van der Waals surface area contributed by atoms with Crippen molar-refractivity contribution in [2.24, 2.45) is 0 Å². The molecule has 2 rings (SSSR count). The maximum Gasteiger partial charge on any atom is 0.252 e. The fourth-order valence-corrected chi connectivity index (χ4v) is 2.05. The molecule has 4 nitrogen and oxygen atoms in total. The normalized spacial score (nSPS) is 12.7. The molecule has 5 heteroatoms. The van der Waals surface area contributed by atoms with E-state index in [2.05, 4.69) is 22.1 Å². The zero-order chi connectivity index (χ0) is 14.7. The summed E-state index contributed by atoms with van der Waals surface area (Å²) in [5, 5.41) is 4.07. The first-order chi connectivity index (χ1) is 9.49. The maximum absolute atomic E-state index is 12.3. The molecule has 0 radical (unpaired) electrons. The number of rotatable bonds is 4. The predicted octanol–water partition coefficient (Wildman–Crippen LogP) is 2.57. The van der Waals surface area contributed by atoms with Gasteiger partial charge in [0.2, 0.25) is 0 Å². The van der Waals surface area contributed by atoms with Crippen LogP contribution in [0.5, 0.6) is 0 Å². The van der Waals surface area contributed by atoms with E-state index < -0.39 is 0 Å². The summed E-state index contributed by atoms with van der Waals surface area (Å²) < 4.78 is 0. The topological polar surface area (TPSA) is 45.2 Å². The Balaban J connectivity index is 2.26. The molecule has 1 aromatic carbocycles. The maximum atomic E-state index is 12.3. The van der Waals surface area contributed by atoms with Crippen molar-refractivity contribution in [2.75, 3.05) is 20.6 Å². The summed E-state index contributed by atoms with van der Waals surface area (Å²) in [6, 6.07) is 9.36. The van der Waals surface area contributed by atoms with Crippen LogP contribution in [0, 0.1) is 0 Å². The second-order valence-corrected chi connectivity index (χ2v) is 5.42. The van der Waals surface area contributed by atoms with Crippen molar-refractivity contribution in [3.05, 3.63) is 41.0 Å². The number of amides is 1. The molecule has 2 aromatic rings. The third-order valence-corrected chi connectivity index (χ3v) is 3.56. The Morgan fingerprint density at radius 2 is 2.10 bits per heavy atom. The van der Waals surface area contributed by atoms with Gasteiger partial charge in [-0.2, -0.15) is 0 Å². The van der Waals surface area contributed by atoms with Crippen molar-refractivity contribution in [3.63, 3.8) is 0 Å². The molecule has 0 aliphatic rings. The molecule has 20 heavy (non-hydrogen) atoms. The summed E-state index contributed by atoms with van der Waals surface area (Å²) in [5.41, 5.74) is 1.29. The number of halogens is 1. The molecule has 1 unspecified atom stereocenters. The van der Waals surface area contributed by atoms with Gasteiger partial charge in [-0.3, -0.25) is 4.79 Å². The van der Waals surface area contributed by atoms with Crippen LogP contribution in [0.25, 0.3) is 10.9 Å². The highest BCUT2D eigenvalue weighted by molar-refractivity contribution is 6.30. The minimum atomic E-state index is -0.126. The van der Waals surface area contributed by atoms with E-state index in [-0.39, 0.29) is 11.9 Å². The molecular formula is C15H18ClN3O. The summed E-state index contributed by atoms with van der Waals surface area (Å²) in [5.74, 6) is -0.126. The lowest BCUT2D eigenvalue weighted by atomic mass is 10.1. The lowest BCUT2D eigenvalue weighted by Crippen LogP contribution is -2.38. The number of likely N-dealkylation sites (N-methyl/N-ethyl adjacent to an activating group) is 1. The number of pyridine rings is 1. The predicted molar refractivity (Wildman–Crippen MR) is 82.2 cm³/mol. The van der Waals surface area contributed by atoms with Gasteiger partial charge in [0.25, 0.3) is 5.91 Å². The molecule has 0 aliphatic carbocycles. The minimum absolute atomic E-state index is 0.126. The number of para-hydroxylation sites is 1. The fraction of sp³-hybridized carbons (Fsp3) is 0.333. The number of fused-ring (bicyclic) bond motifs is 1. The van der Waals surface area contributed by atoms with Gasteiger partial charge in [-0.25, -0.2) is 4.98 Å². The molecule has 1 heterocycles. The van der Waals surface area contributed by atoms with E-state index in [4.69, 9.17) is 11.6 Å². The largest absolute Gasteiger partial charge is 0.350 e. The number of nitrogens with zero attached hydrogens (tertiary/aromatic N) is 2. The number of aromatic nitrogens is 1. The highest BCUT2D eigenvalue weighted by Crippen LogP contribution is 2.20. The molecule has 0 aliphatic heterocycles. The summed E-state index contributed by atoms with van der Waals surface area (Å²) in [4.78, 5) is 18.6. The SMILES string of the molecule is CC(CNC(=O)c1cc(Cl)nc2ccccc12)N(C)C. The average Bonchev–Trinajstić information content (AvgIpc) is 2.43. The molecule has 0 fully saturated rings. The van der Waals surface area contributed by atoms with Crippen molar-refractivity contribution >= 4 is 28.4 Å². The molecule has 0 saturated carbocycles. The van der Waals surface area contributed by atoms with Crippen molar-refractivity contribution < 1.29 is 4.79 Å². The van der Waals surface area contributed by atoms with E-state index in [0.717, 1.165) is 10.9 Å². The number of hydrogen-bond acceptors (Lipinski definition) is 3. The van der Waals surface area contributed by atoms with E-state index in [9.17, 15) is 4.79 Å². The second kappa shape index (κ2) is 6.20. The molecule has 0 bridgehead atoms. The summed E-state index contributed by atoms with van der Waals surface area (Å²) in [6.45, 7) is 2.64. The summed E-state index contributed by atoms with van der Waals surface area (Å²) in [6.07, 6.45) is 0. The van der Waals surface area contributed by atoms with Gasteiger partial charge >= 0.3 is 0 Å². The monoisotopic (exact) mass is 291 g/mol. The Labute approximate surface area is 123 Å². The van der Waals surface area contributed by atoms with Gasteiger partial charge in [0, 0.05) is 18.0 Å². The fourth-order valence-electron chi connectivity index (χ4n) is 1.85. The molecule has 1 N–H and O–H groups in total. The van der Waals surface area contributed by atoms with E-state index in [1.165, 1.54) is 0 Å². The highest BCUT2D eigenvalue weighted by atomic mass is 35.5. The lowest BCUT2D eigenvalue weighted by molar-refractivity contribution is 0.0945. The van der Waals surface area contributed by atoms with Crippen molar-refractivity contribution in [2.45, 2.75) is 13.0 Å². The molecule has 1 atom stereocenters. The van der Waals surface area contributed by atoms with Crippen molar-refractivity contribution in [3.8, 4) is 0 Å². The van der Waals surface area contributed by atoms with Gasteiger partial charge in [-0.15, -0.1) is 0 Å². The number of carbonyl (C=O) groups excluding carboxylic acids is 1. The molecule has 0 spiro atoms. The molecule has 106 valence electrons. The van der Waals surface area contributed by atoms with Gasteiger partial charge in [0.1, 0.15) is 5.15 Å². The van der Waals surface area contributed by atoms with Crippen LogP contribution in [0.2, 0.25) is 5.15 Å². The lowest BCUT2D eigenvalue weighted by Gasteiger charge is -2.20. The number of nitrogens with one attached hydrogen (secondary N) is 1. The first-order valence-corrected chi connectivity index (χ1v) is 6.86. The first-order valence-electron chi connectivity index (χ1n) is 6.49. The third-order valence-electron chi connectivity index (χ3n) is 3.37. The number of benzene rings is 1. The molecular weight excluding hydrogens is 274 g/mol. The molecule has 0 saturated heterocycles. The minimum Gasteiger partial charge on any atom is -0.350 e. The zero-order valence-electron chi connectivity index (χ0n) is 11.9. The number of carbonyl (C=O) groups is 1. The van der Waals surface area contributed by atoms with Crippen LogP contribution in [0.15, 0.2) is 30.3 Å². The van der Waals surface area contributed by atoms with Crippen molar-refractivity contribution in [1.29, 1.82) is 0 Å². The van der Waals surface area contributed by atoms with Gasteiger partial charge in [-0.05, 0) is 33.2 Å². The van der Waals surface area contributed by atoms with Crippen LogP contribution < -0.4 is 5.32 Å². The Morgan fingerprint density at radius 3 is 2.80 bits per heavy atom. The zero-order valence-corrected chi connectivity index (χ0v) is 12.6. The van der Waals surface area contributed by atoms with Crippen LogP contribution in [0.1, 0.15) is 17.3 Å². The Morgan fingerprint density at radius 1 is 1.40 bits per heavy atom. The highest BCUT2D eigenvalue weighted by Gasteiger charge is 2.13. The Bertz CT molecular complexity index is 628. The van der Waals surface area contributed by atoms with Gasteiger partial charge in [0.05, 0.1) is 11.1 Å². The van der Waals surface area contributed by atoms with E-state index in [1.54, 1.807) is 6.07 Å². The van der Waals surface area contributed by atoms with Crippen LogP contribution >= 0.6 is 11.6 Å². The van der Waals surface area contributed by atoms with Gasteiger partial charge < -0.3 is 10.2 Å². The van der Waals surface area contributed by atoms with Crippen molar-refractivity contribution in [1.82, 2.24) is 15.2 Å². The molecule has 1 amide bonds. The van der Waals surface area contributed by atoms with E-state index in [1.807, 2.05) is 38.4 Å². The second-order valence-electron chi connectivity index (χ2n) is 5.03. The van der Waals surface area contributed by atoms with Crippen LogP contribution in [-0.4, -0.2) is 42.5 Å². The molecule has 1 aromatic heterocycles. The summed E-state index contributed by atoms with van der Waals surface area (Å²) in [7, 11) is 3.96. The Kier molecular flexibility index (Phi) is 4.57. The van der Waals surface area contributed by atoms with Crippen LogP contribution in [0.4, 0.5) is 0 Å². The quantitative estimate of drug-likeness (QED) is 0.881. The van der Waals surface area contributed by atoms with Gasteiger partial charge in [0.15, 0.2) is 0 Å². The van der Waals surface area contributed by atoms with Crippen LogP contribution in [0.3, 0.4) is 0 Å². The standard InChI is InChI=1S/C15H18ClN3O/c1-10(19(2)3)9-17-15(20)12-8-14(16)18-13-7-5-4-6-11(12)13/h4-8,10H,9H2,1-3H3,(H,17,20). The summed E-state index contributed by atoms with van der Waals surface area (Å²) >= 11 is 5.98. The third kappa shape index (κ3) is 3.26.